The topological polar surface area (TPSA) is 12.0 Å². The molecule has 0 spiro atoms. The summed E-state index contributed by atoms with van der Waals surface area (Å²) in [6, 6.07) is 6.93. The summed E-state index contributed by atoms with van der Waals surface area (Å²) >= 11 is 6.14. The molecule has 0 saturated heterocycles. The number of benzene rings is 1. The maximum absolute atomic E-state index is 13.5. The van der Waals surface area contributed by atoms with E-state index in [1.165, 1.54) is 38.2 Å². The number of nitrogens with one attached hydrogen (secondary N) is 1. The van der Waals surface area contributed by atoms with Crippen LogP contribution in [0.4, 0.5) is 4.39 Å². The molecule has 18 heavy (non-hydrogen) atoms. The summed E-state index contributed by atoms with van der Waals surface area (Å²) in [6.45, 7) is 1.48. The molecule has 0 unspecified atom stereocenters. The number of halogens is 2. The molecule has 3 heteroatoms. The second-order valence-corrected chi connectivity index (χ2v) is 5.66. The lowest BCUT2D eigenvalue weighted by atomic mass is 9.75. The molecule has 1 fully saturated rings. The second kappa shape index (κ2) is 6.53. The van der Waals surface area contributed by atoms with Gasteiger partial charge in [0.25, 0.3) is 0 Å². The van der Waals surface area contributed by atoms with Gasteiger partial charge < -0.3 is 5.32 Å². The van der Waals surface area contributed by atoms with Crippen LogP contribution in [0.2, 0.25) is 0 Å². The molecular formula is C15H21ClFN. The van der Waals surface area contributed by atoms with Gasteiger partial charge in [0.2, 0.25) is 0 Å². The van der Waals surface area contributed by atoms with Crippen molar-refractivity contribution < 1.29 is 4.39 Å². The molecule has 0 aliphatic heterocycles. The van der Waals surface area contributed by atoms with E-state index in [0.29, 0.717) is 12.4 Å². The molecule has 0 radical (unpaired) electrons. The molecule has 1 saturated carbocycles. The number of alkyl halides is 1. The molecule has 1 aromatic rings. The zero-order chi connectivity index (χ0) is 12.8. The maximum atomic E-state index is 13.5. The van der Waals surface area contributed by atoms with E-state index in [1.54, 1.807) is 6.07 Å². The van der Waals surface area contributed by atoms with Gasteiger partial charge in [-0.25, -0.2) is 4.39 Å². The Kier molecular flexibility index (Phi) is 5.02. The molecular weight excluding hydrogens is 249 g/mol. The van der Waals surface area contributed by atoms with Crippen LogP contribution in [-0.4, -0.2) is 12.4 Å². The van der Waals surface area contributed by atoms with Crippen molar-refractivity contribution in [3.63, 3.8) is 0 Å². The van der Waals surface area contributed by atoms with Crippen LogP contribution >= 0.6 is 11.6 Å². The van der Waals surface area contributed by atoms with E-state index < -0.39 is 0 Å². The Hall–Kier alpha value is -0.600. The third-order valence-electron chi connectivity index (χ3n) is 3.97. The van der Waals surface area contributed by atoms with Gasteiger partial charge in [-0.2, -0.15) is 0 Å². The normalized spacial score (nSPS) is 18.8. The Morgan fingerprint density at radius 3 is 2.56 bits per heavy atom. The quantitative estimate of drug-likeness (QED) is 0.794. The van der Waals surface area contributed by atoms with Gasteiger partial charge in [-0.15, -0.1) is 11.6 Å². The smallest absolute Gasteiger partial charge is 0.127 e. The summed E-state index contributed by atoms with van der Waals surface area (Å²) in [7, 11) is 0. The van der Waals surface area contributed by atoms with Crippen molar-refractivity contribution in [3.05, 3.63) is 35.6 Å². The molecule has 1 aliphatic rings. The Morgan fingerprint density at radius 2 is 1.89 bits per heavy atom. The molecule has 0 bridgehead atoms. The predicted molar refractivity (Wildman–Crippen MR) is 74.3 cm³/mol. The summed E-state index contributed by atoms with van der Waals surface area (Å²) in [5.74, 6) is 0.575. The van der Waals surface area contributed by atoms with Gasteiger partial charge in [0.1, 0.15) is 5.82 Å². The van der Waals surface area contributed by atoms with Crippen molar-refractivity contribution in [3.8, 4) is 0 Å². The predicted octanol–water partition coefficient (Wildman–Crippen LogP) is 4.10. The fourth-order valence-electron chi connectivity index (χ4n) is 2.76. The second-order valence-electron chi connectivity index (χ2n) is 5.39. The van der Waals surface area contributed by atoms with Gasteiger partial charge in [0.15, 0.2) is 0 Å². The average molecular weight is 270 g/mol. The number of hydrogen-bond donors (Lipinski definition) is 1. The van der Waals surface area contributed by atoms with Crippen LogP contribution < -0.4 is 5.32 Å². The lowest BCUT2D eigenvalue weighted by molar-refractivity contribution is 0.212. The van der Waals surface area contributed by atoms with E-state index in [9.17, 15) is 4.39 Å². The van der Waals surface area contributed by atoms with Crippen LogP contribution in [0.15, 0.2) is 24.3 Å². The first kappa shape index (κ1) is 13.8. The summed E-state index contributed by atoms with van der Waals surface area (Å²) in [4.78, 5) is 0. The summed E-state index contributed by atoms with van der Waals surface area (Å²) in [5, 5.41) is 3.38. The van der Waals surface area contributed by atoms with E-state index in [4.69, 9.17) is 11.6 Å². The first-order valence-electron chi connectivity index (χ1n) is 6.76. The van der Waals surface area contributed by atoms with Crippen LogP contribution in [0.1, 0.15) is 37.7 Å². The zero-order valence-corrected chi connectivity index (χ0v) is 11.5. The molecule has 1 nitrogen and oxygen atoms in total. The van der Waals surface area contributed by atoms with Gasteiger partial charge in [0.05, 0.1) is 0 Å². The minimum atomic E-state index is -0.131. The van der Waals surface area contributed by atoms with Gasteiger partial charge in [-0.1, -0.05) is 37.5 Å². The fourth-order valence-corrected chi connectivity index (χ4v) is 3.13. The SMILES string of the molecule is Fc1ccccc1CNCC1(CCl)CCCCC1. The Labute approximate surface area is 114 Å². The Bertz CT molecular complexity index is 375. The third-order valence-corrected chi connectivity index (χ3v) is 4.54. The summed E-state index contributed by atoms with van der Waals surface area (Å²) in [5.41, 5.74) is 0.962. The standard InChI is InChI=1S/C15H21ClFN/c16-11-15(8-4-1-5-9-15)12-18-10-13-6-2-3-7-14(13)17/h2-3,6-7,18H,1,4-5,8-12H2. The lowest BCUT2D eigenvalue weighted by Crippen LogP contribution is -2.37. The third kappa shape index (κ3) is 3.46. The van der Waals surface area contributed by atoms with Crippen molar-refractivity contribution >= 4 is 11.6 Å². The van der Waals surface area contributed by atoms with E-state index in [-0.39, 0.29) is 11.2 Å². The van der Waals surface area contributed by atoms with Gasteiger partial charge in [-0.3, -0.25) is 0 Å². The molecule has 0 heterocycles. The van der Waals surface area contributed by atoms with E-state index in [1.807, 2.05) is 12.1 Å². The summed E-state index contributed by atoms with van der Waals surface area (Å²) < 4.78 is 13.5. The molecule has 0 atom stereocenters. The fraction of sp³-hybridized carbons (Fsp3) is 0.600. The largest absolute Gasteiger partial charge is 0.312 e. The Balaban J connectivity index is 1.85. The van der Waals surface area contributed by atoms with E-state index in [0.717, 1.165) is 12.1 Å². The molecule has 100 valence electrons. The highest BCUT2D eigenvalue weighted by Crippen LogP contribution is 2.36. The first-order chi connectivity index (χ1) is 8.76. The number of hydrogen-bond acceptors (Lipinski definition) is 1. The zero-order valence-electron chi connectivity index (χ0n) is 10.7. The van der Waals surface area contributed by atoms with Crippen molar-refractivity contribution in [2.75, 3.05) is 12.4 Å². The highest BCUT2D eigenvalue weighted by atomic mass is 35.5. The van der Waals surface area contributed by atoms with Gasteiger partial charge in [0, 0.05) is 24.5 Å². The molecule has 0 aromatic heterocycles. The van der Waals surface area contributed by atoms with Crippen molar-refractivity contribution in [1.29, 1.82) is 0 Å². The molecule has 1 aliphatic carbocycles. The average Bonchev–Trinajstić information content (AvgIpc) is 2.42. The maximum Gasteiger partial charge on any atom is 0.127 e. The lowest BCUT2D eigenvalue weighted by Gasteiger charge is -2.35. The highest BCUT2D eigenvalue weighted by molar-refractivity contribution is 6.18. The molecule has 0 amide bonds. The molecule has 2 rings (SSSR count). The summed E-state index contributed by atoms with van der Waals surface area (Å²) in [6.07, 6.45) is 6.26. The first-order valence-corrected chi connectivity index (χ1v) is 7.29. The molecule has 1 aromatic carbocycles. The highest BCUT2D eigenvalue weighted by Gasteiger charge is 2.30. The van der Waals surface area contributed by atoms with Crippen LogP contribution in [0.25, 0.3) is 0 Å². The minimum absolute atomic E-state index is 0.131. The van der Waals surface area contributed by atoms with Gasteiger partial charge in [-0.05, 0) is 24.3 Å². The monoisotopic (exact) mass is 269 g/mol. The molecule has 1 N–H and O–H groups in total. The minimum Gasteiger partial charge on any atom is -0.312 e. The van der Waals surface area contributed by atoms with Crippen LogP contribution in [0.5, 0.6) is 0 Å². The van der Waals surface area contributed by atoms with Crippen LogP contribution in [0.3, 0.4) is 0 Å². The van der Waals surface area contributed by atoms with Gasteiger partial charge >= 0.3 is 0 Å². The van der Waals surface area contributed by atoms with Crippen LogP contribution in [0, 0.1) is 11.2 Å². The van der Waals surface area contributed by atoms with Crippen molar-refractivity contribution in [2.24, 2.45) is 5.41 Å². The van der Waals surface area contributed by atoms with Crippen LogP contribution in [-0.2, 0) is 6.54 Å². The van der Waals surface area contributed by atoms with Crippen molar-refractivity contribution in [1.82, 2.24) is 5.32 Å². The number of rotatable bonds is 5. The van der Waals surface area contributed by atoms with E-state index >= 15 is 0 Å². The Morgan fingerprint density at radius 1 is 1.17 bits per heavy atom. The van der Waals surface area contributed by atoms with E-state index in [2.05, 4.69) is 5.32 Å². The van der Waals surface area contributed by atoms with Crippen molar-refractivity contribution in [2.45, 2.75) is 38.6 Å².